The van der Waals surface area contributed by atoms with E-state index in [1.807, 2.05) is 19.1 Å². The summed E-state index contributed by atoms with van der Waals surface area (Å²) < 4.78 is 0. The van der Waals surface area contributed by atoms with Crippen molar-refractivity contribution in [2.75, 3.05) is 19.6 Å². The summed E-state index contributed by atoms with van der Waals surface area (Å²) in [6.45, 7) is 5.02. The lowest BCUT2D eigenvalue weighted by atomic mass is 9.95. The second-order valence-corrected chi connectivity index (χ2v) is 6.87. The Balaban J connectivity index is 0.00000312. The molecule has 0 aromatic heterocycles. The van der Waals surface area contributed by atoms with Crippen molar-refractivity contribution in [1.82, 2.24) is 10.2 Å². The van der Waals surface area contributed by atoms with Crippen LogP contribution < -0.4 is 11.1 Å². The number of piperidine rings is 1. The van der Waals surface area contributed by atoms with Crippen molar-refractivity contribution in [3.8, 4) is 0 Å². The smallest absolute Gasteiger partial charge is 0.217 e. The van der Waals surface area contributed by atoms with E-state index < -0.39 is 0 Å². The summed E-state index contributed by atoms with van der Waals surface area (Å²) in [4.78, 5) is 18.1. The van der Waals surface area contributed by atoms with E-state index in [9.17, 15) is 4.79 Å². The molecule has 1 aliphatic heterocycles. The molecule has 0 radical (unpaired) electrons. The first kappa shape index (κ1) is 22.3. The topological polar surface area (TPSA) is 70.7 Å². The van der Waals surface area contributed by atoms with Crippen molar-refractivity contribution < 1.29 is 4.79 Å². The van der Waals surface area contributed by atoms with Gasteiger partial charge >= 0.3 is 0 Å². The predicted molar refractivity (Wildman–Crippen MR) is 115 cm³/mol. The first-order valence-electron chi connectivity index (χ1n) is 8.25. The summed E-state index contributed by atoms with van der Waals surface area (Å²) in [6, 6.07) is 5.43. The molecule has 1 aliphatic rings. The van der Waals surface area contributed by atoms with Gasteiger partial charge in [0.05, 0.1) is 6.54 Å². The van der Waals surface area contributed by atoms with Gasteiger partial charge < -0.3 is 16.0 Å². The summed E-state index contributed by atoms with van der Waals surface area (Å²) in [6.07, 6.45) is 2.49. The molecule has 0 bridgehead atoms. The Morgan fingerprint density at radius 3 is 2.84 bits per heavy atom. The number of benzene rings is 1. The fourth-order valence-electron chi connectivity index (χ4n) is 2.94. The number of nitrogens with two attached hydrogens (primary N) is 1. The lowest BCUT2D eigenvalue weighted by molar-refractivity contribution is -0.119. The zero-order valence-corrected chi connectivity index (χ0v) is 18.1. The molecule has 3 N–H and O–H groups in total. The van der Waals surface area contributed by atoms with Crippen molar-refractivity contribution in [2.45, 2.75) is 32.7 Å². The van der Waals surface area contributed by atoms with Crippen molar-refractivity contribution in [3.05, 3.63) is 33.8 Å². The SMILES string of the molecule is CCNC(=NCc1ccc(Cl)cc1Cl)N1CCCC(CC(N)=O)C1.I. The zero-order chi connectivity index (χ0) is 17.5. The van der Waals surface area contributed by atoms with Crippen LogP contribution >= 0.6 is 47.2 Å². The summed E-state index contributed by atoms with van der Waals surface area (Å²) >= 11 is 12.1. The Morgan fingerprint density at radius 1 is 1.44 bits per heavy atom. The molecule has 140 valence electrons. The molecule has 0 spiro atoms. The summed E-state index contributed by atoms with van der Waals surface area (Å²) in [7, 11) is 0. The molecule has 1 unspecified atom stereocenters. The van der Waals surface area contributed by atoms with Gasteiger partial charge in [0, 0.05) is 36.1 Å². The first-order valence-corrected chi connectivity index (χ1v) is 9.00. The molecule has 1 saturated heterocycles. The number of carbonyl (C=O) groups is 1. The molecule has 1 fully saturated rings. The van der Waals surface area contributed by atoms with Crippen LogP contribution in [0.5, 0.6) is 0 Å². The van der Waals surface area contributed by atoms with Crippen LogP contribution in [-0.2, 0) is 11.3 Å². The number of halogens is 3. The van der Waals surface area contributed by atoms with Crippen LogP contribution in [0.3, 0.4) is 0 Å². The van der Waals surface area contributed by atoms with Gasteiger partial charge in [-0.1, -0.05) is 29.3 Å². The lowest BCUT2D eigenvalue weighted by Crippen LogP contribution is -2.47. The predicted octanol–water partition coefficient (Wildman–Crippen LogP) is 3.66. The fourth-order valence-corrected chi connectivity index (χ4v) is 3.41. The van der Waals surface area contributed by atoms with Crippen molar-refractivity contribution in [1.29, 1.82) is 0 Å². The van der Waals surface area contributed by atoms with Gasteiger partial charge in [-0.15, -0.1) is 24.0 Å². The highest BCUT2D eigenvalue weighted by Crippen LogP contribution is 2.22. The fraction of sp³-hybridized carbons (Fsp3) is 0.529. The lowest BCUT2D eigenvalue weighted by Gasteiger charge is -2.34. The number of nitrogens with one attached hydrogen (secondary N) is 1. The maximum atomic E-state index is 11.2. The molecule has 1 aromatic carbocycles. The van der Waals surface area contributed by atoms with Crippen LogP contribution in [-0.4, -0.2) is 36.4 Å². The molecule has 0 aliphatic carbocycles. The number of hydrogen-bond donors (Lipinski definition) is 2. The van der Waals surface area contributed by atoms with Gasteiger partial charge in [-0.2, -0.15) is 0 Å². The van der Waals surface area contributed by atoms with Crippen LogP contribution in [0.25, 0.3) is 0 Å². The van der Waals surface area contributed by atoms with Gasteiger partial charge in [0.1, 0.15) is 0 Å². The monoisotopic (exact) mass is 498 g/mol. The molecule has 5 nitrogen and oxygen atoms in total. The Bertz CT molecular complexity index is 612. The van der Waals surface area contributed by atoms with E-state index in [1.54, 1.807) is 6.07 Å². The van der Waals surface area contributed by atoms with E-state index in [0.29, 0.717) is 28.9 Å². The van der Waals surface area contributed by atoms with Gasteiger partial charge in [-0.05, 0) is 43.4 Å². The highest BCUT2D eigenvalue weighted by molar-refractivity contribution is 14.0. The number of carbonyl (C=O) groups excluding carboxylic acids is 1. The van der Waals surface area contributed by atoms with Gasteiger partial charge in [-0.3, -0.25) is 4.79 Å². The standard InChI is InChI=1S/C17H24Cl2N4O.HI/c1-2-21-17(22-10-13-5-6-14(18)9-15(13)19)23-7-3-4-12(11-23)8-16(20)24;/h5-6,9,12H,2-4,7-8,10-11H2,1H3,(H2,20,24)(H,21,22);1H. The van der Waals surface area contributed by atoms with E-state index in [1.165, 1.54) is 0 Å². The van der Waals surface area contributed by atoms with E-state index >= 15 is 0 Å². The Labute approximate surface area is 176 Å². The molecule has 0 saturated carbocycles. The summed E-state index contributed by atoms with van der Waals surface area (Å²) in [5.74, 6) is 0.897. The minimum Gasteiger partial charge on any atom is -0.370 e. The van der Waals surface area contributed by atoms with Gasteiger partial charge in [0.2, 0.25) is 5.91 Å². The minimum absolute atomic E-state index is 0. The number of guanidine groups is 1. The minimum atomic E-state index is -0.239. The van der Waals surface area contributed by atoms with E-state index in [4.69, 9.17) is 33.9 Å². The Morgan fingerprint density at radius 2 is 2.20 bits per heavy atom. The Hall–Kier alpha value is -0.730. The van der Waals surface area contributed by atoms with Gasteiger partial charge in [-0.25, -0.2) is 4.99 Å². The summed E-state index contributed by atoms with van der Waals surface area (Å²) in [5, 5.41) is 4.55. The van der Waals surface area contributed by atoms with Crippen LogP contribution in [0, 0.1) is 5.92 Å². The van der Waals surface area contributed by atoms with Crippen LogP contribution in [0.15, 0.2) is 23.2 Å². The van der Waals surface area contributed by atoms with E-state index in [0.717, 1.165) is 44.0 Å². The first-order chi connectivity index (χ1) is 11.5. The molecule has 1 heterocycles. The van der Waals surface area contributed by atoms with Gasteiger partial charge in [0.15, 0.2) is 5.96 Å². The number of hydrogen-bond acceptors (Lipinski definition) is 2. The van der Waals surface area contributed by atoms with Crippen molar-refractivity contribution >= 4 is 59.0 Å². The zero-order valence-electron chi connectivity index (χ0n) is 14.3. The highest BCUT2D eigenvalue weighted by atomic mass is 127. The number of primary amides is 1. The molecule has 8 heteroatoms. The van der Waals surface area contributed by atoms with Gasteiger partial charge in [0.25, 0.3) is 0 Å². The third kappa shape index (κ3) is 7.19. The second kappa shape index (κ2) is 11.1. The van der Waals surface area contributed by atoms with E-state index in [2.05, 4.69) is 10.2 Å². The maximum absolute atomic E-state index is 11.2. The number of rotatable bonds is 5. The largest absolute Gasteiger partial charge is 0.370 e. The second-order valence-electron chi connectivity index (χ2n) is 6.03. The maximum Gasteiger partial charge on any atom is 0.217 e. The number of nitrogens with zero attached hydrogens (tertiary/aromatic N) is 2. The van der Waals surface area contributed by atoms with Crippen LogP contribution in [0.4, 0.5) is 0 Å². The number of aliphatic imine (C=N–C) groups is 1. The molecule has 1 amide bonds. The molecular formula is C17H25Cl2IN4O. The quantitative estimate of drug-likeness (QED) is 0.369. The van der Waals surface area contributed by atoms with Crippen molar-refractivity contribution in [2.24, 2.45) is 16.6 Å². The Kier molecular flexibility index (Phi) is 9.89. The van der Waals surface area contributed by atoms with E-state index in [-0.39, 0.29) is 29.9 Å². The summed E-state index contributed by atoms with van der Waals surface area (Å²) in [5.41, 5.74) is 6.27. The average Bonchev–Trinajstić information content (AvgIpc) is 2.52. The molecule has 1 aromatic rings. The third-order valence-corrected chi connectivity index (χ3v) is 4.64. The number of amides is 1. The molecule has 25 heavy (non-hydrogen) atoms. The normalized spacial score (nSPS) is 17.8. The molecular weight excluding hydrogens is 474 g/mol. The average molecular weight is 499 g/mol. The van der Waals surface area contributed by atoms with Crippen molar-refractivity contribution in [3.63, 3.8) is 0 Å². The molecule has 2 rings (SSSR count). The highest BCUT2D eigenvalue weighted by Gasteiger charge is 2.23. The molecule has 1 atom stereocenters. The number of likely N-dealkylation sites (tertiary alicyclic amines) is 1. The van der Waals surface area contributed by atoms with Crippen LogP contribution in [0.1, 0.15) is 31.7 Å². The third-order valence-electron chi connectivity index (χ3n) is 4.06. The van der Waals surface area contributed by atoms with Crippen LogP contribution in [0.2, 0.25) is 10.0 Å².